The molecule has 0 radical (unpaired) electrons. The Balaban J connectivity index is 1.79. The molecule has 120 valence electrons. The summed E-state index contributed by atoms with van der Waals surface area (Å²) in [5.74, 6) is -7.84. The first-order valence-electron chi connectivity index (χ1n) is 7.45. The molecule has 23 heavy (non-hydrogen) atoms. The van der Waals surface area contributed by atoms with E-state index in [0.29, 0.717) is 29.9 Å². The van der Waals surface area contributed by atoms with Crippen LogP contribution < -0.4 is 4.90 Å². The zero-order chi connectivity index (χ0) is 16.5. The molecule has 3 saturated carbocycles. The molecule has 0 aromatic heterocycles. The van der Waals surface area contributed by atoms with Gasteiger partial charge >= 0.3 is 0 Å². The van der Waals surface area contributed by atoms with E-state index in [-0.39, 0.29) is 23.8 Å². The van der Waals surface area contributed by atoms with E-state index in [4.69, 9.17) is 0 Å². The lowest BCUT2D eigenvalue weighted by Gasteiger charge is -2.41. The van der Waals surface area contributed by atoms with Crippen LogP contribution in [0.3, 0.4) is 0 Å². The Morgan fingerprint density at radius 1 is 0.913 bits per heavy atom. The molecule has 0 spiro atoms. The highest BCUT2D eigenvalue weighted by Crippen LogP contribution is 2.52. The third kappa shape index (κ3) is 1.82. The second-order valence-electron chi connectivity index (χ2n) is 6.40. The fourth-order valence-electron chi connectivity index (χ4n) is 4.31. The van der Waals surface area contributed by atoms with Crippen molar-refractivity contribution in [1.82, 2.24) is 0 Å². The van der Waals surface area contributed by atoms with Crippen LogP contribution >= 0.6 is 0 Å². The lowest BCUT2D eigenvalue weighted by molar-refractivity contribution is -0.143. The normalized spacial score (nSPS) is 32.7. The second kappa shape index (κ2) is 4.66. The summed E-state index contributed by atoms with van der Waals surface area (Å²) in [5.41, 5.74) is -0.322. The summed E-state index contributed by atoms with van der Waals surface area (Å²) in [7, 11) is 0. The van der Waals surface area contributed by atoms with Gasteiger partial charge in [0, 0.05) is 24.5 Å². The highest BCUT2D eigenvalue weighted by atomic mass is 19.2. The molecule has 2 amide bonds. The predicted molar refractivity (Wildman–Crippen MR) is 71.6 cm³/mol. The van der Waals surface area contributed by atoms with Gasteiger partial charge in [-0.15, -0.1) is 0 Å². The average Bonchev–Trinajstić information content (AvgIpc) is 2.78. The lowest BCUT2D eigenvalue weighted by atomic mass is 9.59. The number of anilines is 1. The number of Topliss-reactive ketones (excluding diaryl/α,β-unsaturated/α-hetero) is 1. The number of benzene rings is 1. The number of carbonyl (C=O) groups excluding carboxylic acids is 3. The molecule has 1 aromatic carbocycles. The molecule has 3 aliphatic carbocycles. The van der Waals surface area contributed by atoms with E-state index in [1.165, 1.54) is 0 Å². The van der Waals surface area contributed by atoms with Gasteiger partial charge in [0.2, 0.25) is 11.8 Å². The zero-order valence-corrected chi connectivity index (χ0v) is 11.9. The van der Waals surface area contributed by atoms with E-state index in [1.54, 1.807) is 0 Å². The van der Waals surface area contributed by atoms with Gasteiger partial charge in [0.1, 0.15) is 5.78 Å². The van der Waals surface area contributed by atoms with E-state index in [0.717, 1.165) is 0 Å². The van der Waals surface area contributed by atoms with Crippen LogP contribution in [0.1, 0.15) is 19.3 Å². The summed E-state index contributed by atoms with van der Waals surface area (Å²) >= 11 is 0. The number of imide groups is 1. The minimum absolute atomic E-state index is 0.0260. The summed E-state index contributed by atoms with van der Waals surface area (Å²) in [4.78, 5) is 37.9. The Morgan fingerprint density at radius 2 is 1.52 bits per heavy atom. The van der Waals surface area contributed by atoms with Gasteiger partial charge in [0.15, 0.2) is 17.5 Å². The summed E-state index contributed by atoms with van der Waals surface area (Å²) < 4.78 is 39.9. The molecule has 1 aliphatic heterocycles. The number of ketones is 1. The first kappa shape index (κ1) is 14.4. The first-order valence-corrected chi connectivity index (χ1v) is 7.45. The molecule has 4 fully saturated rings. The lowest BCUT2D eigenvalue weighted by Crippen LogP contribution is -2.46. The van der Waals surface area contributed by atoms with Crippen molar-refractivity contribution in [2.24, 2.45) is 23.7 Å². The molecule has 1 saturated heterocycles. The molecule has 0 N–H and O–H groups in total. The minimum Gasteiger partial charge on any atom is -0.299 e. The van der Waals surface area contributed by atoms with Gasteiger partial charge in [-0.2, -0.15) is 0 Å². The van der Waals surface area contributed by atoms with Gasteiger partial charge in [-0.25, -0.2) is 18.1 Å². The number of hydrogen-bond acceptors (Lipinski definition) is 3. The number of fused-ring (bicyclic) bond motifs is 2. The van der Waals surface area contributed by atoms with Crippen LogP contribution in [0.25, 0.3) is 0 Å². The molecule has 4 atom stereocenters. The van der Waals surface area contributed by atoms with Crippen molar-refractivity contribution in [2.75, 3.05) is 4.90 Å². The second-order valence-corrected chi connectivity index (χ2v) is 6.40. The van der Waals surface area contributed by atoms with Gasteiger partial charge in [0.25, 0.3) is 0 Å². The minimum atomic E-state index is -1.65. The summed E-state index contributed by atoms with van der Waals surface area (Å²) in [6.45, 7) is 0. The third-order valence-corrected chi connectivity index (χ3v) is 5.29. The predicted octanol–water partition coefficient (Wildman–Crippen LogP) is 2.21. The molecule has 2 bridgehead atoms. The van der Waals surface area contributed by atoms with Crippen LogP contribution in [0.15, 0.2) is 12.1 Å². The Bertz CT molecular complexity index is 740. The van der Waals surface area contributed by atoms with Crippen LogP contribution in [0.5, 0.6) is 0 Å². The van der Waals surface area contributed by atoms with Gasteiger partial charge in [-0.05, 0) is 18.8 Å². The van der Waals surface area contributed by atoms with E-state index in [9.17, 15) is 27.6 Å². The molecule has 0 unspecified atom stereocenters. The van der Waals surface area contributed by atoms with E-state index < -0.39 is 47.0 Å². The quantitative estimate of drug-likeness (QED) is 0.588. The maximum Gasteiger partial charge on any atom is 0.238 e. The average molecular weight is 323 g/mol. The van der Waals surface area contributed by atoms with Crippen molar-refractivity contribution in [3.63, 3.8) is 0 Å². The molecule has 4 aliphatic rings. The van der Waals surface area contributed by atoms with Gasteiger partial charge in [0.05, 0.1) is 17.5 Å². The van der Waals surface area contributed by atoms with Crippen molar-refractivity contribution in [1.29, 1.82) is 0 Å². The summed E-state index contributed by atoms with van der Waals surface area (Å²) in [6.07, 6.45) is 1.52. The number of nitrogens with zero attached hydrogens (tertiary/aromatic N) is 1. The largest absolute Gasteiger partial charge is 0.299 e. The molecule has 7 heteroatoms. The van der Waals surface area contributed by atoms with Crippen LogP contribution in [0.2, 0.25) is 0 Å². The molecule has 5 rings (SSSR count). The van der Waals surface area contributed by atoms with E-state index in [1.807, 2.05) is 0 Å². The Labute approximate surface area is 129 Å². The maximum absolute atomic E-state index is 13.4. The molecule has 1 heterocycles. The number of hydrogen-bond donors (Lipinski definition) is 0. The maximum atomic E-state index is 13.4. The highest BCUT2D eigenvalue weighted by Gasteiger charge is 2.61. The van der Waals surface area contributed by atoms with E-state index in [2.05, 4.69) is 0 Å². The van der Waals surface area contributed by atoms with Gasteiger partial charge in [-0.3, -0.25) is 14.4 Å². The van der Waals surface area contributed by atoms with Gasteiger partial charge < -0.3 is 0 Å². The van der Waals surface area contributed by atoms with Crippen LogP contribution in [-0.2, 0) is 14.4 Å². The summed E-state index contributed by atoms with van der Waals surface area (Å²) in [5, 5.41) is 0. The zero-order valence-electron chi connectivity index (χ0n) is 11.9. The highest BCUT2D eigenvalue weighted by molar-refractivity contribution is 6.23. The van der Waals surface area contributed by atoms with E-state index >= 15 is 0 Å². The van der Waals surface area contributed by atoms with Crippen molar-refractivity contribution in [3.8, 4) is 0 Å². The van der Waals surface area contributed by atoms with Crippen molar-refractivity contribution < 1.29 is 27.6 Å². The molecular formula is C16H12F3NO3. The number of rotatable bonds is 1. The Morgan fingerprint density at radius 3 is 2.13 bits per heavy atom. The van der Waals surface area contributed by atoms with Gasteiger partial charge in [-0.1, -0.05) is 0 Å². The smallest absolute Gasteiger partial charge is 0.238 e. The fourth-order valence-corrected chi connectivity index (χ4v) is 4.31. The first-order chi connectivity index (χ1) is 10.9. The number of carbonyl (C=O) groups is 3. The number of halogens is 3. The van der Waals surface area contributed by atoms with Crippen molar-refractivity contribution in [2.45, 2.75) is 19.3 Å². The van der Waals surface area contributed by atoms with Crippen molar-refractivity contribution in [3.05, 3.63) is 29.6 Å². The molecule has 4 nitrogen and oxygen atoms in total. The summed E-state index contributed by atoms with van der Waals surface area (Å²) in [6, 6.07) is 1.27. The Hall–Kier alpha value is -2.18. The topological polar surface area (TPSA) is 54.5 Å². The SMILES string of the molecule is O=C1C[C@H]2CC[C@@H]1[C@H]1C(=O)N(c3cc(F)c(F)c(F)c3)C(=O)[C@@H]21. The van der Waals surface area contributed by atoms with Crippen LogP contribution in [0, 0.1) is 41.1 Å². The fraction of sp³-hybridized carbons (Fsp3) is 0.438. The monoisotopic (exact) mass is 323 g/mol. The Kier molecular flexibility index (Phi) is 2.92. The standard InChI is InChI=1S/C16H12F3NO3/c17-9-4-7(5-10(18)14(9)19)20-15(22)12-6-1-2-8(11(21)3-6)13(12)16(20)23/h4-6,8,12-13H,1-3H2/t6-,8+,12+,13-/m1/s1. The van der Waals surface area contributed by atoms with Crippen LogP contribution in [0.4, 0.5) is 18.9 Å². The molecular weight excluding hydrogens is 311 g/mol. The van der Waals surface area contributed by atoms with Crippen LogP contribution in [-0.4, -0.2) is 17.6 Å². The third-order valence-electron chi connectivity index (χ3n) is 5.29. The van der Waals surface area contributed by atoms with Crippen molar-refractivity contribution >= 4 is 23.3 Å². The molecule has 1 aromatic rings. The number of amides is 2.